The standard InChI is InChI=1S/C23H24N2O2S/c1-16(2)14-15-27-19-12-10-18(11-13-19)22(26)25-23(28)24-21-9-5-7-17-6-3-4-8-20(17)21/h3-13,16H,14-15H2,1-2H3,(H2,24,25,26,28). The molecule has 0 saturated carbocycles. The van der Waals surface area contributed by atoms with Crippen LogP contribution in [0.15, 0.2) is 66.7 Å². The van der Waals surface area contributed by atoms with E-state index in [2.05, 4.69) is 24.5 Å². The van der Waals surface area contributed by atoms with E-state index < -0.39 is 0 Å². The van der Waals surface area contributed by atoms with Gasteiger partial charge in [-0.05, 0) is 60.3 Å². The number of thiocarbonyl (C=S) groups is 1. The molecule has 3 rings (SSSR count). The van der Waals surface area contributed by atoms with E-state index >= 15 is 0 Å². The highest BCUT2D eigenvalue weighted by Gasteiger charge is 2.09. The predicted octanol–water partition coefficient (Wildman–Crippen LogP) is 5.39. The summed E-state index contributed by atoms with van der Waals surface area (Å²) in [5.41, 5.74) is 1.38. The molecule has 144 valence electrons. The van der Waals surface area contributed by atoms with Crippen LogP contribution in [0.1, 0.15) is 30.6 Å². The minimum Gasteiger partial charge on any atom is -0.494 e. The molecule has 1 amide bonds. The fourth-order valence-corrected chi connectivity index (χ4v) is 2.98. The smallest absolute Gasteiger partial charge is 0.257 e. The number of fused-ring (bicyclic) bond motifs is 1. The highest BCUT2D eigenvalue weighted by molar-refractivity contribution is 7.80. The zero-order chi connectivity index (χ0) is 19.9. The molecule has 0 fully saturated rings. The minimum atomic E-state index is -0.258. The zero-order valence-electron chi connectivity index (χ0n) is 16.1. The van der Waals surface area contributed by atoms with E-state index in [9.17, 15) is 4.79 Å². The van der Waals surface area contributed by atoms with Crippen LogP contribution in [0, 0.1) is 5.92 Å². The van der Waals surface area contributed by atoms with E-state index in [1.54, 1.807) is 24.3 Å². The van der Waals surface area contributed by atoms with Gasteiger partial charge < -0.3 is 10.1 Å². The lowest BCUT2D eigenvalue weighted by molar-refractivity contribution is 0.0977. The van der Waals surface area contributed by atoms with Gasteiger partial charge >= 0.3 is 0 Å². The molecule has 0 spiro atoms. The normalized spacial score (nSPS) is 10.7. The molecule has 0 aliphatic carbocycles. The lowest BCUT2D eigenvalue weighted by Crippen LogP contribution is -2.34. The van der Waals surface area contributed by atoms with Gasteiger partial charge in [0.15, 0.2) is 5.11 Å². The van der Waals surface area contributed by atoms with Crippen molar-refractivity contribution in [3.63, 3.8) is 0 Å². The molecule has 28 heavy (non-hydrogen) atoms. The first-order chi connectivity index (χ1) is 13.5. The molecular weight excluding hydrogens is 368 g/mol. The van der Waals surface area contributed by atoms with Crippen molar-refractivity contribution in [3.05, 3.63) is 72.3 Å². The largest absolute Gasteiger partial charge is 0.494 e. The molecule has 0 atom stereocenters. The van der Waals surface area contributed by atoms with Gasteiger partial charge in [0.2, 0.25) is 0 Å². The molecule has 2 N–H and O–H groups in total. The quantitative estimate of drug-likeness (QED) is 0.552. The average molecular weight is 393 g/mol. The number of nitrogens with one attached hydrogen (secondary N) is 2. The van der Waals surface area contributed by atoms with Crippen molar-refractivity contribution in [2.24, 2.45) is 5.92 Å². The zero-order valence-corrected chi connectivity index (χ0v) is 16.9. The summed E-state index contributed by atoms with van der Waals surface area (Å²) in [6, 6.07) is 21.0. The number of carbonyl (C=O) groups excluding carboxylic acids is 1. The summed E-state index contributed by atoms with van der Waals surface area (Å²) in [5, 5.41) is 8.25. The van der Waals surface area contributed by atoms with Crippen LogP contribution in [0.2, 0.25) is 0 Å². The Morgan fingerprint density at radius 1 is 1.00 bits per heavy atom. The van der Waals surface area contributed by atoms with Gasteiger partial charge in [-0.1, -0.05) is 50.2 Å². The number of anilines is 1. The van der Waals surface area contributed by atoms with Crippen molar-refractivity contribution in [3.8, 4) is 5.75 Å². The van der Waals surface area contributed by atoms with Gasteiger partial charge in [-0.2, -0.15) is 0 Å². The first-order valence-electron chi connectivity index (χ1n) is 9.36. The molecular formula is C23H24N2O2S. The van der Waals surface area contributed by atoms with Gasteiger partial charge in [0.05, 0.1) is 6.61 Å². The van der Waals surface area contributed by atoms with Crippen molar-refractivity contribution in [1.82, 2.24) is 5.32 Å². The summed E-state index contributed by atoms with van der Waals surface area (Å²) in [4.78, 5) is 12.4. The molecule has 0 unspecified atom stereocenters. The maximum atomic E-state index is 12.4. The Morgan fingerprint density at radius 2 is 1.71 bits per heavy atom. The highest BCUT2D eigenvalue weighted by Crippen LogP contribution is 2.22. The topological polar surface area (TPSA) is 50.4 Å². The second kappa shape index (κ2) is 9.33. The SMILES string of the molecule is CC(C)CCOc1ccc(C(=O)NC(=S)Nc2cccc3ccccc23)cc1. The second-order valence-electron chi connectivity index (χ2n) is 6.99. The number of hydrogen-bond acceptors (Lipinski definition) is 3. The number of hydrogen-bond donors (Lipinski definition) is 2. The molecule has 0 bridgehead atoms. The van der Waals surface area contributed by atoms with Crippen molar-refractivity contribution < 1.29 is 9.53 Å². The molecule has 0 aliphatic rings. The van der Waals surface area contributed by atoms with Crippen LogP contribution < -0.4 is 15.4 Å². The Balaban J connectivity index is 1.58. The summed E-state index contributed by atoms with van der Waals surface area (Å²) < 4.78 is 5.68. The van der Waals surface area contributed by atoms with Crippen LogP contribution in [0.4, 0.5) is 5.69 Å². The maximum Gasteiger partial charge on any atom is 0.257 e. The molecule has 5 heteroatoms. The van der Waals surface area contributed by atoms with Crippen LogP contribution in [0.5, 0.6) is 5.75 Å². The van der Waals surface area contributed by atoms with Gasteiger partial charge in [-0.25, -0.2) is 0 Å². The summed E-state index contributed by atoms with van der Waals surface area (Å²) in [7, 11) is 0. The Bertz CT molecular complexity index is 963. The Labute approximate surface area is 170 Å². The molecule has 0 radical (unpaired) electrons. The summed E-state index contributed by atoms with van der Waals surface area (Å²) in [5.74, 6) is 1.10. The minimum absolute atomic E-state index is 0.258. The molecule has 0 saturated heterocycles. The van der Waals surface area contributed by atoms with Gasteiger partial charge in [-0.15, -0.1) is 0 Å². The monoisotopic (exact) mass is 392 g/mol. The maximum absolute atomic E-state index is 12.4. The third-order valence-corrected chi connectivity index (χ3v) is 4.55. The predicted molar refractivity (Wildman–Crippen MR) is 119 cm³/mol. The van der Waals surface area contributed by atoms with E-state index in [1.165, 1.54) is 0 Å². The van der Waals surface area contributed by atoms with E-state index in [1.807, 2.05) is 42.5 Å². The third kappa shape index (κ3) is 5.30. The summed E-state index contributed by atoms with van der Waals surface area (Å²) in [6.45, 7) is 4.99. The fourth-order valence-electron chi connectivity index (χ4n) is 2.78. The van der Waals surface area contributed by atoms with Crippen molar-refractivity contribution in [1.29, 1.82) is 0 Å². The van der Waals surface area contributed by atoms with Crippen LogP contribution in [-0.4, -0.2) is 17.6 Å². The average Bonchev–Trinajstić information content (AvgIpc) is 2.68. The summed E-state index contributed by atoms with van der Waals surface area (Å²) >= 11 is 5.31. The van der Waals surface area contributed by atoms with Gasteiger partial charge in [0.1, 0.15) is 5.75 Å². The van der Waals surface area contributed by atoms with Crippen LogP contribution in [0.3, 0.4) is 0 Å². The molecule has 0 aliphatic heterocycles. The molecule has 0 aromatic heterocycles. The van der Waals surface area contributed by atoms with Crippen LogP contribution >= 0.6 is 12.2 Å². The van der Waals surface area contributed by atoms with E-state index in [0.29, 0.717) is 18.1 Å². The number of amides is 1. The van der Waals surface area contributed by atoms with E-state index in [-0.39, 0.29) is 11.0 Å². The third-order valence-electron chi connectivity index (χ3n) is 4.35. The number of ether oxygens (including phenoxy) is 1. The lowest BCUT2D eigenvalue weighted by atomic mass is 10.1. The number of carbonyl (C=O) groups is 1. The molecule has 3 aromatic rings. The van der Waals surface area contributed by atoms with Crippen molar-refractivity contribution >= 4 is 39.7 Å². The number of rotatable bonds is 6. The van der Waals surface area contributed by atoms with E-state index in [0.717, 1.165) is 28.6 Å². The van der Waals surface area contributed by atoms with Gasteiger partial charge in [0, 0.05) is 16.6 Å². The molecule has 0 heterocycles. The molecule has 4 nitrogen and oxygen atoms in total. The second-order valence-corrected chi connectivity index (χ2v) is 7.40. The summed E-state index contributed by atoms with van der Waals surface area (Å²) in [6.07, 6.45) is 0.996. The Kier molecular flexibility index (Phi) is 6.61. The van der Waals surface area contributed by atoms with Crippen LogP contribution in [0.25, 0.3) is 10.8 Å². The Morgan fingerprint density at radius 3 is 2.46 bits per heavy atom. The van der Waals surface area contributed by atoms with E-state index in [4.69, 9.17) is 17.0 Å². The first kappa shape index (κ1) is 19.8. The van der Waals surface area contributed by atoms with Crippen molar-refractivity contribution in [2.75, 3.05) is 11.9 Å². The Hall–Kier alpha value is -2.92. The molecule has 3 aromatic carbocycles. The highest BCUT2D eigenvalue weighted by atomic mass is 32.1. The van der Waals surface area contributed by atoms with Gasteiger partial charge in [0.25, 0.3) is 5.91 Å². The van der Waals surface area contributed by atoms with Crippen molar-refractivity contribution in [2.45, 2.75) is 20.3 Å². The van der Waals surface area contributed by atoms with Crippen LogP contribution in [-0.2, 0) is 0 Å². The number of benzene rings is 3. The first-order valence-corrected chi connectivity index (χ1v) is 9.76. The van der Waals surface area contributed by atoms with Gasteiger partial charge in [-0.3, -0.25) is 10.1 Å². The lowest BCUT2D eigenvalue weighted by Gasteiger charge is -2.12. The fraction of sp³-hybridized carbons (Fsp3) is 0.217.